The van der Waals surface area contributed by atoms with Crippen molar-refractivity contribution < 1.29 is 4.79 Å². The molecule has 2 aromatic heterocycles. The zero-order valence-electron chi connectivity index (χ0n) is 9.71. The zero-order valence-corrected chi connectivity index (χ0v) is 11.2. The number of H-pyrrole nitrogens is 1. The van der Waals surface area contributed by atoms with Crippen LogP contribution in [0.5, 0.6) is 0 Å². The van der Waals surface area contributed by atoms with Gasteiger partial charge in [-0.1, -0.05) is 23.2 Å². The van der Waals surface area contributed by atoms with Gasteiger partial charge in [-0.15, -0.1) is 0 Å². The summed E-state index contributed by atoms with van der Waals surface area (Å²) in [7, 11) is 0. The Morgan fingerprint density at radius 1 is 1.39 bits per heavy atom. The molecule has 2 rings (SSSR count). The predicted octanol–water partition coefficient (Wildman–Crippen LogP) is 2.98. The Morgan fingerprint density at radius 2 is 2.11 bits per heavy atom. The summed E-state index contributed by atoms with van der Waals surface area (Å²) in [5.41, 5.74) is 2.11. The number of aromatic amines is 1. The maximum atomic E-state index is 11.9. The van der Waals surface area contributed by atoms with Crippen molar-refractivity contribution in [1.29, 1.82) is 0 Å². The quantitative estimate of drug-likeness (QED) is 0.833. The number of anilines is 1. The van der Waals surface area contributed by atoms with Crippen LogP contribution in [0.15, 0.2) is 12.3 Å². The van der Waals surface area contributed by atoms with Gasteiger partial charge in [-0.2, -0.15) is 5.10 Å². The molecule has 0 saturated heterocycles. The number of hydrogen-bond donors (Lipinski definition) is 2. The molecule has 0 aromatic carbocycles. The topological polar surface area (TPSA) is 70.7 Å². The van der Waals surface area contributed by atoms with Gasteiger partial charge in [0.2, 0.25) is 0 Å². The van der Waals surface area contributed by atoms with Crippen molar-refractivity contribution in [2.45, 2.75) is 13.8 Å². The van der Waals surface area contributed by atoms with Crippen molar-refractivity contribution in [2.24, 2.45) is 0 Å². The molecule has 18 heavy (non-hydrogen) atoms. The Hall–Kier alpha value is -1.59. The van der Waals surface area contributed by atoms with Gasteiger partial charge in [0.05, 0.1) is 10.6 Å². The first-order valence-corrected chi connectivity index (χ1v) is 5.88. The highest BCUT2D eigenvalue weighted by molar-refractivity contribution is 6.41. The van der Waals surface area contributed by atoms with Crippen LogP contribution in [0.4, 0.5) is 5.82 Å². The molecule has 94 valence electrons. The van der Waals surface area contributed by atoms with E-state index < -0.39 is 0 Å². The number of pyridine rings is 1. The maximum absolute atomic E-state index is 11.9. The first-order valence-electron chi connectivity index (χ1n) is 5.13. The highest BCUT2D eigenvalue weighted by atomic mass is 35.5. The molecule has 2 heterocycles. The maximum Gasteiger partial charge on any atom is 0.258 e. The fraction of sp³-hybridized carbons (Fsp3) is 0.182. The standard InChI is InChI=1S/C11H10Cl2N4O/c1-5-6(2)16-17-10(5)15-11(18)7-3-8(12)9(13)14-4-7/h3-4H,1-2H3,(H2,15,16,17,18). The van der Waals surface area contributed by atoms with Crippen LogP contribution in [0, 0.1) is 13.8 Å². The molecule has 5 nitrogen and oxygen atoms in total. The number of nitrogens with one attached hydrogen (secondary N) is 2. The summed E-state index contributed by atoms with van der Waals surface area (Å²) in [4.78, 5) is 15.7. The molecular weight excluding hydrogens is 275 g/mol. The van der Waals surface area contributed by atoms with Crippen LogP contribution in [-0.4, -0.2) is 21.1 Å². The molecule has 0 unspecified atom stereocenters. The lowest BCUT2D eigenvalue weighted by atomic mass is 10.2. The minimum atomic E-state index is -0.337. The summed E-state index contributed by atoms with van der Waals surface area (Å²) in [5, 5.41) is 9.84. The molecule has 2 aromatic rings. The summed E-state index contributed by atoms with van der Waals surface area (Å²) in [6.07, 6.45) is 1.36. The monoisotopic (exact) mass is 284 g/mol. The second kappa shape index (κ2) is 4.96. The van der Waals surface area contributed by atoms with E-state index in [2.05, 4.69) is 20.5 Å². The average molecular weight is 285 g/mol. The summed E-state index contributed by atoms with van der Waals surface area (Å²) >= 11 is 11.5. The average Bonchev–Trinajstić information content (AvgIpc) is 2.64. The molecule has 0 aliphatic rings. The van der Waals surface area contributed by atoms with E-state index in [4.69, 9.17) is 23.2 Å². The second-order valence-corrected chi connectivity index (χ2v) is 4.54. The van der Waals surface area contributed by atoms with Crippen molar-refractivity contribution in [3.8, 4) is 0 Å². The molecule has 1 amide bonds. The van der Waals surface area contributed by atoms with Crippen molar-refractivity contribution in [2.75, 3.05) is 5.32 Å². The van der Waals surface area contributed by atoms with Gasteiger partial charge in [0, 0.05) is 17.5 Å². The first-order chi connectivity index (χ1) is 8.49. The Kier molecular flexibility index (Phi) is 3.54. The van der Waals surface area contributed by atoms with E-state index in [1.165, 1.54) is 12.3 Å². The number of carbonyl (C=O) groups is 1. The molecule has 0 saturated carbocycles. The molecule has 0 aliphatic carbocycles. The summed E-state index contributed by atoms with van der Waals surface area (Å²) in [5.74, 6) is 0.152. The number of halogens is 2. The Labute approximate surface area is 114 Å². The third kappa shape index (κ3) is 2.47. The fourth-order valence-corrected chi connectivity index (χ4v) is 1.60. The smallest absolute Gasteiger partial charge is 0.258 e. The zero-order chi connectivity index (χ0) is 13.3. The van der Waals surface area contributed by atoms with Gasteiger partial charge in [-0.25, -0.2) is 4.98 Å². The SMILES string of the molecule is Cc1[nH]nc(NC(=O)c2cnc(Cl)c(Cl)c2)c1C. The van der Waals surface area contributed by atoms with Gasteiger partial charge in [0.15, 0.2) is 5.82 Å². The number of aromatic nitrogens is 3. The van der Waals surface area contributed by atoms with Crippen molar-refractivity contribution in [1.82, 2.24) is 15.2 Å². The summed E-state index contributed by atoms with van der Waals surface area (Å²) in [6, 6.07) is 1.46. The van der Waals surface area contributed by atoms with E-state index in [1.807, 2.05) is 13.8 Å². The van der Waals surface area contributed by atoms with Crippen LogP contribution in [0.3, 0.4) is 0 Å². The van der Waals surface area contributed by atoms with E-state index in [1.54, 1.807) is 0 Å². The van der Waals surface area contributed by atoms with Crippen molar-refractivity contribution >= 4 is 34.9 Å². The van der Waals surface area contributed by atoms with Gasteiger partial charge in [0.25, 0.3) is 5.91 Å². The van der Waals surface area contributed by atoms with E-state index in [0.29, 0.717) is 11.4 Å². The van der Waals surface area contributed by atoms with Crippen molar-refractivity contribution in [3.63, 3.8) is 0 Å². The Bertz CT molecular complexity index is 609. The van der Waals surface area contributed by atoms with E-state index in [-0.39, 0.29) is 16.1 Å². The molecular formula is C11H10Cl2N4O. The van der Waals surface area contributed by atoms with Crippen LogP contribution in [0.25, 0.3) is 0 Å². The highest BCUT2D eigenvalue weighted by Crippen LogP contribution is 2.21. The fourth-order valence-electron chi connectivity index (χ4n) is 1.33. The predicted molar refractivity (Wildman–Crippen MR) is 70.3 cm³/mol. The third-order valence-electron chi connectivity index (χ3n) is 2.54. The lowest BCUT2D eigenvalue weighted by molar-refractivity contribution is 0.102. The highest BCUT2D eigenvalue weighted by Gasteiger charge is 2.13. The van der Waals surface area contributed by atoms with Crippen LogP contribution in [0.1, 0.15) is 21.6 Å². The van der Waals surface area contributed by atoms with E-state index in [9.17, 15) is 4.79 Å². The van der Waals surface area contributed by atoms with E-state index >= 15 is 0 Å². The van der Waals surface area contributed by atoms with Gasteiger partial charge in [0.1, 0.15) is 5.15 Å². The number of rotatable bonds is 2. The number of nitrogens with zero attached hydrogens (tertiary/aromatic N) is 2. The van der Waals surface area contributed by atoms with Gasteiger partial charge in [-0.05, 0) is 19.9 Å². The van der Waals surface area contributed by atoms with Gasteiger partial charge in [-0.3, -0.25) is 9.89 Å². The Morgan fingerprint density at radius 3 is 2.67 bits per heavy atom. The number of hydrogen-bond acceptors (Lipinski definition) is 3. The van der Waals surface area contributed by atoms with Gasteiger partial charge < -0.3 is 5.32 Å². The third-order valence-corrected chi connectivity index (χ3v) is 3.23. The van der Waals surface area contributed by atoms with Crippen molar-refractivity contribution in [3.05, 3.63) is 39.3 Å². The summed E-state index contributed by atoms with van der Waals surface area (Å²) < 4.78 is 0. The number of aryl methyl sites for hydroxylation is 1. The molecule has 0 atom stereocenters. The number of carbonyl (C=O) groups excluding carboxylic acids is 1. The lowest BCUT2D eigenvalue weighted by Gasteiger charge is -2.04. The van der Waals surface area contributed by atoms with E-state index in [0.717, 1.165) is 11.3 Å². The lowest BCUT2D eigenvalue weighted by Crippen LogP contribution is -2.13. The van der Waals surface area contributed by atoms with Crippen LogP contribution in [-0.2, 0) is 0 Å². The van der Waals surface area contributed by atoms with Crippen LogP contribution in [0.2, 0.25) is 10.2 Å². The minimum Gasteiger partial charge on any atom is -0.305 e. The number of amides is 1. The van der Waals surface area contributed by atoms with Crippen LogP contribution < -0.4 is 5.32 Å². The molecule has 0 radical (unpaired) electrons. The molecule has 0 fully saturated rings. The molecule has 2 N–H and O–H groups in total. The second-order valence-electron chi connectivity index (χ2n) is 3.77. The molecule has 0 bridgehead atoms. The normalized spacial score (nSPS) is 10.4. The van der Waals surface area contributed by atoms with Crippen LogP contribution >= 0.6 is 23.2 Å². The molecule has 0 spiro atoms. The Balaban J connectivity index is 2.22. The minimum absolute atomic E-state index is 0.167. The molecule has 7 heteroatoms. The van der Waals surface area contributed by atoms with Gasteiger partial charge >= 0.3 is 0 Å². The molecule has 0 aliphatic heterocycles. The summed E-state index contributed by atoms with van der Waals surface area (Å²) in [6.45, 7) is 3.74. The largest absolute Gasteiger partial charge is 0.305 e. The first kappa shape index (κ1) is 12.9.